The van der Waals surface area contributed by atoms with Crippen molar-refractivity contribution in [2.45, 2.75) is 45.1 Å². The standard InChI is InChI=1S/C26H32N6OS/c34-26(27-19-21-12-13-22(33-21)20-10-4-1-5-11-20)30-25-28-23(31-14-6-2-7-15-31)18-24(29-25)32-16-8-3-9-17-32/h1,4-5,10-13,18H,2-3,6-9,14-17,19H2,(H2,27,28,29,30,34). The van der Waals surface area contributed by atoms with E-state index in [2.05, 4.69) is 26.5 Å². The van der Waals surface area contributed by atoms with E-state index < -0.39 is 0 Å². The summed E-state index contributed by atoms with van der Waals surface area (Å²) in [6, 6.07) is 16.2. The average Bonchev–Trinajstić information content (AvgIpc) is 3.38. The molecule has 1 aromatic carbocycles. The van der Waals surface area contributed by atoms with Crippen LogP contribution in [0.5, 0.6) is 0 Å². The third kappa shape index (κ3) is 5.67. The van der Waals surface area contributed by atoms with E-state index in [0.29, 0.717) is 17.6 Å². The summed E-state index contributed by atoms with van der Waals surface area (Å²) in [6.45, 7) is 4.66. The van der Waals surface area contributed by atoms with Crippen molar-refractivity contribution in [2.24, 2.45) is 0 Å². The molecule has 34 heavy (non-hydrogen) atoms. The Morgan fingerprint density at radius 3 is 2.06 bits per heavy atom. The molecular weight excluding hydrogens is 444 g/mol. The predicted molar refractivity (Wildman–Crippen MR) is 141 cm³/mol. The Balaban J connectivity index is 1.26. The highest BCUT2D eigenvalue weighted by atomic mass is 32.1. The lowest BCUT2D eigenvalue weighted by molar-refractivity contribution is 0.516. The first-order valence-electron chi connectivity index (χ1n) is 12.3. The smallest absolute Gasteiger partial charge is 0.232 e. The normalized spacial score (nSPS) is 16.4. The Bertz CT molecular complexity index is 1050. The van der Waals surface area contributed by atoms with Crippen LogP contribution >= 0.6 is 12.2 Å². The summed E-state index contributed by atoms with van der Waals surface area (Å²) in [5.41, 5.74) is 1.06. The van der Waals surface area contributed by atoms with Crippen molar-refractivity contribution < 1.29 is 4.42 Å². The predicted octanol–water partition coefficient (Wildman–Crippen LogP) is 5.20. The molecule has 0 radical (unpaired) electrons. The third-order valence-corrected chi connectivity index (χ3v) is 6.67. The van der Waals surface area contributed by atoms with E-state index in [1.54, 1.807) is 0 Å². The number of piperidine rings is 2. The molecule has 0 aliphatic carbocycles. The molecule has 2 aromatic heterocycles. The second-order valence-electron chi connectivity index (χ2n) is 8.94. The molecule has 2 fully saturated rings. The first kappa shape index (κ1) is 22.7. The van der Waals surface area contributed by atoms with E-state index in [9.17, 15) is 0 Å². The van der Waals surface area contributed by atoms with Crippen molar-refractivity contribution in [2.75, 3.05) is 41.3 Å². The van der Waals surface area contributed by atoms with Gasteiger partial charge in [0.05, 0.1) is 6.54 Å². The monoisotopic (exact) mass is 476 g/mol. The lowest BCUT2D eigenvalue weighted by Crippen LogP contribution is -2.34. The maximum absolute atomic E-state index is 5.97. The second kappa shape index (κ2) is 10.9. The van der Waals surface area contributed by atoms with Crippen LogP contribution in [0, 0.1) is 0 Å². The molecule has 2 saturated heterocycles. The van der Waals surface area contributed by atoms with Gasteiger partial charge in [0.1, 0.15) is 23.2 Å². The molecule has 2 aliphatic rings. The Hall–Kier alpha value is -3.13. The molecule has 3 aromatic rings. The number of aromatic nitrogens is 2. The number of nitrogens with one attached hydrogen (secondary N) is 2. The van der Waals surface area contributed by atoms with Gasteiger partial charge in [-0.15, -0.1) is 0 Å². The molecule has 5 rings (SSSR count). The van der Waals surface area contributed by atoms with Crippen molar-refractivity contribution in [3.63, 3.8) is 0 Å². The van der Waals surface area contributed by atoms with Gasteiger partial charge in [-0.1, -0.05) is 30.3 Å². The number of rotatable bonds is 6. The molecule has 178 valence electrons. The van der Waals surface area contributed by atoms with Crippen LogP contribution in [0.1, 0.15) is 44.3 Å². The summed E-state index contributed by atoms with van der Waals surface area (Å²) in [5.74, 6) is 4.18. The summed E-state index contributed by atoms with van der Waals surface area (Å²) in [7, 11) is 0. The summed E-state index contributed by atoms with van der Waals surface area (Å²) in [5, 5.41) is 6.93. The van der Waals surface area contributed by atoms with Crippen LogP contribution in [0.15, 0.2) is 52.9 Å². The van der Waals surface area contributed by atoms with Gasteiger partial charge in [0.15, 0.2) is 5.11 Å². The largest absolute Gasteiger partial charge is 0.459 e. The van der Waals surface area contributed by atoms with Crippen LogP contribution in [0.25, 0.3) is 11.3 Å². The van der Waals surface area contributed by atoms with Gasteiger partial charge in [0.2, 0.25) is 5.95 Å². The maximum Gasteiger partial charge on any atom is 0.232 e. The minimum absolute atomic E-state index is 0.484. The number of hydrogen-bond donors (Lipinski definition) is 2. The summed E-state index contributed by atoms with van der Waals surface area (Å²) >= 11 is 5.56. The number of furan rings is 1. The summed E-state index contributed by atoms with van der Waals surface area (Å²) in [6.07, 6.45) is 7.41. The SMILES string of the molecule is S=C(NCc1ccc(-c2ccccc2)o1)Nc1nc(N2CCCCC2)cc(N2CCCCC2)n1. The van der Waals surface area contributed by atoms with Crippen molar-refractivity contribution in [1.82, 2.24) is 15.3 Å². The summed E-state index contributed by atoms with van der Waals surface area (Å²) in [4.78, 5) is 14.4. The lowest BCUT2D eigenvalue weighted by atomic mass is 10.1. The molecule has 7 nitrogen and oxygen atoms in total. The number of hydrogen-bond acceptors (Lipinski definition) is 6. The zero-order chi connectivity index (χ0) is 23.2. The van der Waals surface area contributed by atoms with Crippen molar-refractivity contribution in [3.8, 4) is 11.3 Å². The van der Waals surface area contributed by atoms with Gasteiger partial charge >= 0.3 is 0 Å². The van der Waals surface area contributed by atoms with E-state index in [0.717, 1.165) is 54.9 Å². The van der Waals surface area contributed by atoms with Gasteiger partial charge in [0.25, 0.3) is 0 Å². The van der Waals surface area contributed by atoms with E-state index in [1.807, 2.05) is 42.5 Å². The van der Waals surface area contributed by atoms with Crippen molar-refractivity contribution in [1.29, 1.82) is 0 Å². The Labute approximate surface area is 206 Å². The topological polar surface area (TPSA) is 69.5 Å². The van der Waals surface area contributed by atoms with Crippen LogP contribution in [0.4, 0.5) is 17.6 Å². The third-order valence-electron chi connectivity index (χ3n) is 6.43. The molecule has 0 saturated carbocycles. The summed E-state index contributed by atoms with van der Waals surface area (Å²) < 4.78 is 5.97. The molecule has 0 bridgehead atoms. The van der Waals surface area contributed by atoms with Gasteiger partial charge in [0, 0.05) is 37.8 Å². The minimum Gasteiger partial charge on any atom is -0.459 e. The van der Waals surface area contributed by atoms with Gasteiger partial charge in [-0.2, -0.15) is 9.97 Å². The number of nitrogens with zero attached hydrogens (tertiary/aromatic N) is 4. The highest BCUT2D eigenvalue weighted by molar-refractivity contribution is 7.80. The van der Waals surface area contributed by atoms with Crippen molar-refractivity contribution in [3.05, 3.63) is 54.3 Å². The zero-order valence-corrected chi connectivity index (χ0v) is 20.3. The van der Waals surface area contributed by atoms with Crippen LogP contribution in [0.2, 0.25) is 0 Å². The maximum atomic E-state index is 5.97. The fourth-order valence-electron chi connectivity index (χ4n) is 4.59. The number of benzene rings is 1. The highest BCUT2D eigenvalue weighted by Gasteiger charge is 2.19. The molecule has 0 spiro atoms. The molecular formula is C26H32N6OS. The fraction of sp³-hybridized carbons (Fsp3) is 0.423. The molecule has 0 atom stereocenters. The van der Waals surface area contributed by atoms with Crippen LogP contribution in [-0.4, -0.2) is 41.3 Å². The Morgan fingerprint density at radius 2 is 1.44 bits per heavy atom. The van der Waals surface area contributed by atoms with Gasteiger partial charge in [-0.05, 0) is 62.9 Å². The quantitative estimate of drug-likeness (QED) is 0.470. The zero-order valence-electron chi connectivity index (χ0n) is 19.5. The second-order valence-corrected chi connectivity index (χ2v) is 9.35. The van der Waals surface area contributed by atoms with Gasteiger partial charge < -0.3 is 24.9 Å². The number of anilines is 3. The van der Waals surface area contributed by atoms with E-state index >= 15 is 0 Å². The Kier molecular flexibility index (Phi) is 7.24. The van der Waals surface area contributed by atoms with Crippen LogP contribution in [0.3, 0.4) is 0 Å². The van der Waals surface area contributed by atoms with E-state index in [4.69, 9.17) is 26.6 Å². The van der Waals surface area contributed by atoms with Crippen molar-refractivity contribution >= 4 is 34.9 Å². The first-order chi connectivity index (χ1) is 16.7. The molecule has 0 amide bonds. The molecule has 8 heteroatoms. The molecule has 2 aliphatic heterocycles. The number of thiocarbonyl (C=S) groups is 1. The van der Waals surface area contributed by atoms with E-state index in [1.165, 1.54) is 38.5 Å². The minimum atomic E-state index is 0.484. The Morgan fingerprint density at radius 1 is 0.824 bits per heavy atom. The molecule has 2 N–H and O–H groups in total. The van der Waals surface area contributed by atoms with E-state index in [-0.39, 0.29) is 0 Å². The van der Waals surface area contributed by atoms with Crippen LogP contribution < -0.4 is 20.4 Å². The van der Waals surface area contributed by atoms with Gasteiger partial charge in [-0.3, -0.25) is 0 Å². The lowest BCUT2D eigenvalue weighted by Gasteiger charge is -2.31. The first-order valence-corrected chi connectivity index (χ1v) is 12.7. The van der Waals surface area contributed by atoms with Gasteiger partial charge in [-0.25, -0.2) is 0 Å². The molecule has 0 unspecified atom stereocenters. The highest BCUT2D eigenvalue weighted by Crippen LogP contribution is 2.26. The van der Waals surface area contributed by atoms with Crippen LogP contribution in [-0.2, 0) is 6.54 Å². The molecule has 4 heterocycles. The fourth-order valence-corrected chi connectivity index (χ4v) is 4.76. The average molecular weight is 477 g/mol.